The van der Waals surface area contributed by atoms with Gasteiger partial charge in [-0.2, -0.15) is 0 Å². The molecule has 0 unspecified atom stereocenters. The van der Waals surface area contributed by atoms with Gasteiger partial charge in [0, 0.05) is 0 Å². The highest BCUT2D eigenvalue weighted by molar-refractivity contribution is 7.89. The Kier molecular flexibility index (Phi) is 6.97. The Labute approximate surface area is 182 Å². The smallest absolute Gasteiger partial charge is 0.247 e. The third-order valence-corrected chi connectivity index (χ3v) is 6.35. The van der Waals surface area contributed by atoms with Gasteiger partial charge in [-0.25, -0.2) is 35.1 Å². The second kappa shape index (κ2) is 9.35. The maximum atomic E-state index is 14.3. The van der Waals surface area contributed by atoms with Crippen molar-refractivity contribution in [2.24, 2.45) is 0 Å². The van der Waals surface area contributed by atoms with Gasteiger partial charge in [0.2, 0.25) is 15.8 Å². The second-order valence-electron chi connectivity index (χ2n) is 7.23. The van der Waals surface area contributed by atoms with Crippen LogP contribution in [-0.4, -0.2) is 27.4 Å². The standard InChI is InChI=1S/C22H19F5N2O2S/c1-29(2)21(14-11-7-4-8-12-14)20(13-9-5-3-6-10-13)28-32(30,31)22-18(26)16(24)15(23)17(25)19(22)27/h3-12,20-21,28H,1-2H3/t20-,21-/m1/s1. The summed E-state index contributed by atoms with van der Waals surface area (Å²) in [7, 11) is -1.86. The summed E-state index contributed by atoms with van der Waals surface area (Å²) in [5, 5.41) is 0. The quantitative estimate of drug-likeness (QED) is 0.309. The summed E-state index contributed by atoms with van der Waals surface area (Å²) in [4.78, 5) is -0.256. The number of nitrogens with zero attached hydrogens (tertiary/aromatic N) is 1. The van der Waals surface area contributed by atoms with Gasteiger partial charge in [-0.15, -0.1) is 0 Å². The molecule has 3 aromatic carbocycles. The SMILES string of the molecule is CN(C)[C@H](c1ccccc1)[C@H](NS(=O)(=O)c1c(F)c(F)c(F)c(F)c1F)c1ccccc1. The Bertz CT molecular complexity index is 1180. The number of rotatable bonds is 7. The second-order valence-corrected chi connectivity index (χ2v) is 8.88. The Balaban J connectivity index is 2.18. The van der Waals surface area contributed by atoms with Crippen LogP contribution in [0.1, 0.15) is 23.2 Å². The molecule has 0 amide bonds. The van der Waals surface area contributed by atoms with E-state index in [2.05, 4.69) is 4.72 Å². The molecular formula is C22H19F5N2O2S. The van der Waals surface area contributed by atoms with E-state index >= 15 is 0 Å². The molecule has 0 heterocycles. The molecular weight excluding hydrogens is 451 g/mol. The number of benzene rings is 3. The average Bonchev–Trinajstić information content (AvgIpc) is 2.77. The fraction of sp³-hybridized carbons (Fsp3) is 0.182. The third-order valence-electron chi connectivity index (χ3n) is 4.89. The van der Waals surface area contributed by atoms with Gasteiger partial charge >= 0.3 is 0 Å². The molecule has 0 bridgehead atoms. The number of halogens is 5. The Morgan fingerprint density at radius 3 is 1.53 bits per heavy atom. The van der Waals surface area contributed by atoms with Crippen LogP contribution in [0.4, 0.5) is 22.0 Å². The van der Waals surface area contributed by atoms with E-state index in [1.165, 1.54) is 0 Å². The molecule has 0 aliphatic carbocycles. The fourth-order valence-electron chi connectivity index (χ4n) is 3.46. The topological polar surface area (TPSA) is 49.4 Å². The summed E-state index contributed by atoms with van der Waals surface area (Å²) >= 11 is 0. The molecule has 2 atom stereocenters. The first-order chi connectivity index (χ1) is 15.1. The van der Waals surface area contributed by atoms with Gasteiger partial charge in [0.05, 0.1) is 12.1 Å². The van der Waals surface area contributed by atoms with E-state index in [-0.39, 0.29) is 0 Å². The highest BCUT2D eigenvalue weighted by Gasteiger charge is 2.37. The van der Waals surface area contributed by atoms with Gasteiger partial charge in [0.1, 0.15) is 0 Å². The predicted molar refractivity (Wildman–Crippen MR) is 109 cm³/mol. The lowest BCUT2D eigenvalue weighted by Gasteiger charge is -2.33. The van der Waals surface area contributed by atoms with Gasteiger partial charge in [-0.1, -0.05) is 60.7 Å². The van der Waals surface area contributed by atoms with Crippen LogP contribution >= 0.6 is 0 Å². The Morgan fingerprint density at radius 1 is 0.688 bits per heavy atom. The first kappa shape index (κ1) is 23.8. The van der Waals surface area contributed by atoms with Crippen LogP contribution in [-0.2, 0) is 10.0 Å². The number of likely N-dealkylation sites (N-methyl/N-ethyl adjacent to an activating group) is 1. The van der Waals surface area contributed by atoms with Gasteiger partial charge in [0.15, 0.2) is 28.2 Å². The van der Waals surface area contributed by atoms with Crippen molar-refractivity contribution in [3.05, 3.63) is 101 Å². The molecule has 10 heteroatoms. The summed E-state index contributed by atoms with van der Waals surface area (Å²) in [6, 6.07) is 15.0. The van der Waals surface area contributed by atoms with Crippen LogP contribution in [0, 0.1) is 29.1 Å². The highest BCUT2D eigenvalue weighted by Crippen LogP contribution is 2.35. The van der Waals surface area contributed by atoms with Crippen molar-refractivity contribution in [1.82, 2.24) is 9.62 Å². The molecule has 0 aliphatic rings. The molecule has 0 fully saturated rings. The molecule has 0 radical (unpaired) electrons. The van der Waals surface area contributed by atoms with Crippen molar-refractivity contribution in [2.45, 2.75) is 17.0 Å². The number of hydrogen-bond acceptors (Lipinski definition) is 3. The van der Waals surface area contributed by atoms with E-state index in [1.807, 2.05) is 0 Å². The van der Waals surface area contributed by atoms with Crippen molar-refractivity contribution in [2.75, 3.05) is 14.1 Å². The van der Waals surface area contributed by atoms with E-state index in [0.29, 0.717) is 11.1 Å². The summed E-state index contributed by atoms with van der Waals surface area (Å²) in [5.74, 6) is -12.0. The predicted octanol–water partition coefficient (Wildman–Crippen LogP) is 4.70. The maximum absolute atomic E-state index is 14.3. The molecule has 0 aliphatic heterocycles. The molecule has 3 aromatic rings. The lowest BCUT2D eigenvalue weighted by molar-refractivity contribution is 0.248. The van der Waals surface area contributed by atoms with Crippen LogP contribution in [0.5, 0.6) is 0 Å². The zero-order chi connectivity index (χ0) is 23.6. The van der Waals surface area contributed by atoms with Crippen LogP contribution < -0.4 is 4.72 Å². The summed E-state index contributed by atoms with van der Waals surface area (Å²) in [6.07, 6.45) is 0. The molecule has 4 nitrogen and oxygen atoms in total. The monoisotopic (exact) mass is 470 g/mol. The first-order valence-electron chi connectivity index (χ1n) is 9.36. The number of nitrogens with one attached hydrogen (secondary N) is 1. The van der Waals surface area contributed by atoms with E-state index < -0.39 is 56.1 Å². The third kappa shape index (κ3) is 4.52. The van der Waals surface area contributed by atoms with Crippen molar-refractivity contribution in [1.29, 1.82) is 0 Å². The average molecular weight is 470 g/mol. The Morgan fingerprint density at radius 2 is 1.09 bits per heavy atom. The fourth-order valence-corrected chi connectivity index (χ4v) is 4.83. The van der Waals surface area contributed by atoms with E-state index in [9.17, 15) is 30.4 Å². The van der Waals surface area contributed by atoms with E-state index in [1.54, 1.807) is 79.7 Å². The van der Waals surface area contributed by atoms with Crippen LogP contribution in [0.25, 0.3) is 0 Å². The Hall–Kier alpha value is -2.82. The summed E-state index contributed by atoms with van der Waals surface area (Å²) in [5.41, 5.74) is 1.08. The van der Waals surface area contributed by atoms with Gasteiger partial charge in [-0.3, -0.25) is 0 Å². The first-order valence-corrected chi connectivity index (χ1v) is 10.8. The molecule has 0 spiro atoms. The lowest BCUT2D eigenvalue weighted by Crippen LogP contribution is -2.39. The largest absolute Gasteiger partial charge is 0.301 e. The van der Waals surface area contributed by atoms with Gasteiger partial charge < -0.3 is 4.90 Å². The maximum Gasteiger partial charge on any atom is 0.247 e. The molecule has 3 rings (SSSR count). The number of hydrogen-bond donors (Lipinski definition) is 1. The zero-order valence-electron chi connectivity index (χ0n) is 17.0. The van der Waals surface area contributed by atoms with Crippen molar-refractivity contribution in [3.8, 4) is 0 Å². The minimum absolute atomic E-state index is 0.419. The minimum Gasteiger partial charge on any atom is -0.301 e. The van der Waals surface area contributed by atoms with E-state index in [4.69, 9.17) is 0 Å². The van der Waals surface area contributed by atoms with Crippen molar-refractivity contribution in [3.63, 3.8) is 0 Å². The molecule has 32 heavy (non-hydrogen) atoms. The van der Waals surface area contributed by atoms with Gasteiger partial charge in [-0.05, 0) is 25.2 Å². The van der Waals surface area contributed by atoms with Crippen LogP contribution in [0.2, 0.25) is 0 Å². The van der Waals surface area contributed by atoms with E-state index in [0.717, 1.165) is 0 Å². The van der Waals surface area contributed by atoms with Crippen LogP contribution in [0.15, 0.2) is 65.6 Å². The number of sulfonamides is 1. The molecule has 0 saturated carbocycles. The summed E-state index contributed by atoms with van der Waals surface area (Å²) < 4.78 is 97.4. The van der Waals surface area contributed by atoms with Crippen LogP contribution in [0.3, 0.4) is 0 Å². The molecule has 0 aromatic heterocycles. The highest BCUT2D eigenvalue weighted by atomic mass is 32.2. The minimum atomic E-state index is -5.19. The normalized spacial score (nSPS) is 13.9. The lowest BCUT2D eigenvalue weighted by atomic mass is 9.93. The molecule has 170 valence electrons. The molecule has 0 saturated heterocycles. The molecule has 1 N–H and O–H groups in total. The van der Waals surface area contributed by atoms with Gasteiger partial charge in [0.25, 0.3) is 0 Å². The van der Waals surface area contributed by atoms with Crippen molar-refractivity contribution < 1.29 is 30.4 Å². The van der Waals surface area contributed by atoms with Crippen molar-refractivity contribution >= 4 is 10.0 Å². The zero-order valence-corrected chi connectivity index (χ0v) is 17.8. The summed E-state index contributed by atoms with van der Waals surface area (Å²) in [6.45, 7) is 0.